The van der Waals surface area contributed by atoms with Gasteiger partial charge in [-0.25, -0.2) is 8.78 Å². The lowest BCUT2D eigenvalue weighted by molar-refractivity contribution is 0.476. The molecule has 2 aromatic rings. The molecule has 108 valence electrons. The van der Waals surface area contributed by atoms with Crippen LogP contribution >= 0.6 is 11.3 Å². The molecule has 1 atom stereocenters. The highest BCUT2D eigenvalue weighted by atomic mass is 32.1. The Kier molecular flexibility index (Phi) is 5.61. The second-order valence-corrected chi connectivity index (χ2v) is 5.70. The van der Waals surface area contributed by atoms with E-state index in [1.54, 1.807) is 16.8 Å². The smallest absolute Gasteiger partial charge is 0.129 e. The zero-order valence-electron chi connectivity index (χ0n) is 11.4. The van der Waals surface area contributed by atoms with Crippen molar-refractivity contribution in [1.29, 1.82) is 0 Å². The van der Waals surface area contributed by atoms with E-state index in [2.05, 4.69) is 17.2 Å². The lowest BCUT2D eigenvalue weighted by Gasteiger charge is -2.18. The fourth-order valence-corrected chi connectivity index (χ4v) is 2.80. The first kappa shape index (κ1) is 15.1. The molecular formula is C15H18F2N2S. The molecule has 0 bridgehead atoms. The molecule has 5 heteroatoms. The van der Waals surface area contributed by atoms with E-state index in [-0.39, 0.29) is 11.6 Å². The highest BCUT2D eigenvalue weighted by molar-refractivity contribution is 7.09. The number of nitrogens with one attached hydrogen (secondary N) is 1. The molecule has 2 rings (SSSR count). The molecule has 0 aliphatic rings. The van der Waals surface area contributed by atoms with Crippen LogP contribution in [0.15, 0.2) is 29.9 Å². The van der Waals surface area contributed by atoms with Gasteiger partial charge in [0.05, 0.1) is 5.51 Å². The normalized spacial score (nSPS) is 12.6. The third-order valence-electron chi connectivity index (χ3n) is 3.13. The molecule has 1 aromatic heterocycles. The number of thiazole rings is 1. The highest BCUT2D eigenvalue weighted by Crippen LogP contribution is 2.17. The molecule has 1 heterocycles. The van der Waals surface area contributed by atoms with E-state index in [1.165, 1.54) is 18.2 Å². The van der Waals surface area contributed by atoms with Crippen molar-refractivity contribution in [3.8, 4) is 0 Å². The topological polar surface area (TPSA) is 24.9 Å². The molecule has 0 spiro atoms. The van der Waals surface area contributed by atoms with Gasteiger partial charge in [-0.3, -0.25) is 4.98 Å². The Labute approximate surface area is 121 Å². The van der Waals surface area contributed by atoms with Gasteiger partial charge in [0.2, 0.25) is 0 Å². The number of hydrogen-bond acceptors (Lipinski definition) is 3. The number of aromatic nitrogens is 1. The predicted molar refractivity (Wildman–Crippen MR) is 78.0 cm³/mol. The Bertz CT molecular complexity index is 508. The van der Waals surface area contributed by atoms with E-state index in [0.717, 1.165) is 24.3 Å². The molecule has 0 aliphatic heterocycles. The van der Waals surface area contributed by atoms with Crippen molar-refractivity contribution in [3.63, 3.8) is 0 Å². The molecule has 0 amide bonds. The summed E-state index contributed by atoms with van der Waals surface area (Å²) in [5, 5.41) is 3.36. The van der Waals surface area contributed by atoms with Gasteiger partial charge in [-0.15, -0.1) is 11.3 Å². The van der Waals surface area contributed by atoms with Crippen LogP contribution < -0.4 is 5.32 Å². The van der Waals surface area contributed by atoms with E-state index in [0.29, 0.717) is 6.42 Å². The van der Waals surface area contributed by atoms with Crippen LogP contribution in [0.5, 0.6) is 0 Å². The molecule has 20 heavy (non-hydrogen) atoms. The van der Waals surface area contributed by atoms with Gasteiger partial charge in [0, 0.05) is 22.7 Å². The van der Waals surface area contributed by atoms with Gasteiger partial charge in [-0.1, -0.05) is 13.0 Å². The first-order chi connectivity index (χ1) is 9.70. The first-order valence-electron chi connectivity index (χ1n) is 6.74. The van der Waals surface area contributed by atoms with Gasteiger partial charge in [-0.2, -0.15) is 0 Å². The Morgan fingerprint density at radius 2 is 2.00 bits per heavy atom. The zero-order valence-corrected chi connectivity index (χ0v) is 12.2. The minimum Gasteiger partial charge on any atom is -0.313 e. The summed E-state index contributed by atoms with van der Waals surface area (Å²) >= 11 is 1.57. The van der Waals surface area contributed by atoms with Gasteiger partial charge in [0.25, 0.3) is 0 Å². The maximum absolute atomic E-state index is 13.7. The molecule has 0 aliphatic carbocycles. The van der Waals surface area contributed by atoms with Crippen molar-refractivity contribution in [1.82, 2.24) is 10.3 Å². The Hall–Kier alpha value is -1.33. The Morgan fingerprint density at radius 3 is 2.60 bits per heavy atom. The number of halogens is 2. The molecule has 0 fully saturated rings. The van der Waals surface area contributed by atoms with E-state index in [9.17, 15) is 8.78 Å². The van der Waals surface area contributed by atoms with Crippen molar-refractivity contribution >= 4 is 11.3 Å². The molecule has 1 N–H and O–H groups in total. The van der Waals surface area contributed by atoms with Crippen LogP contribution in [0.1, 0.15) is 23.8 Å². The van der Waals surface area contributed by atoms with Crippen molar-refractivity contribution in [2.45, 2.75) is 32.2 Å². The molecule has 1 aromatic carbocycles. The minimum absolute atomic E-state index is 0.0156. The fraction of sp³-hybridized carbons (Fsp3) is 0.400. The summed E-state index contributed by atoms with van der Waals surface area (Å²) in [6, 6.07) is 4.03. The van der Waals surface area contributed by atoms with E-state index >= 15 is 0 Å². The molecular weight excluding hydrogens is 278 g/mol. The predicted octanol–water partition coefficient (Wildman–Crippen LogP) is 3.57. The second kappa shape index (κ2) is 7.45. The number of rotatable bonds is 7. The van der Waals surface area contributed by atoms with Crippen LogP contribution in [0.3, 0.4) is 0 Å². The molecule has 1 unspecified atom stereocenters. The maximum atomic E-state index is 13.7. The van der Waals surface area contributed by atoms with Crippen LogP contribution in [0.4, 0.5) is 8.78 Å². The highest BCUT2D eigenvalue weighted by Gasteiger charge is 2.16. The number of nitrogens with zero attached hydrogens (tertiary/aromatic N) is 1. The van der Waals surface area contributed by atoms with Gasteiger partial charge in [0.1, 0.15) is 11.6 Å². The third-order valence-corrected chi connectivity index (χ3v) is 3.93. The largest absolute Gasteiger partial charge is 0.313 e. The van der Waals surface area contributed by atoms with Crippen molar-refractivity contribution in [2.75, 3.05) is 6.54 Å². The van der Waals surface area contributed by atoms with E-state index in [4.69, 9.17) is 0 Å². The average molecular weight is 296 g/mol. The molecule has 0 saturated carbocycles. The fourth-order valence-electron chi connectivity index (χ4n) is 2.12. The van der Waals surface area contributed by atoms with Crippen LogP contribution in [-0.2, 0) is 12.8 Å². The summed E-state index contributed by atoms with van der Waals surface area (Å²) in [5.74, 6) is -0.949. The zero-order chi connectivity index (χ0) is 14.4. The average Bonchev–Trinajstić information content (AvgIpc) is 2.93. The quantitative estimate of drug-likeness (QED) is 0.845. The lowest BCUT2D eigenvalue weighted by atomic mass is 10.0. The van der Waals surface area contributed by atoms with Gasteiger partial charge >= 0.3 is 0 Å². The SMILES string of the molecule is CCCNC(Cc1cncs1)Cc1c(F)cccc1F. The second-order valence-electron chi connectivity index (χ2n) is 4.73. The monoisotopic (exact) mass is 296 g/mol. The Morgan fingerprint density at radius 1 is 1.25 bits per heavy atom. The molecule has 0 radical (unpaired) electrons. The summed E-state index contributed by atoms with van der Waals surface area (Å²) in [7, 11) is 0. The van der Waals surface area contributed by atoms with Gasteiger partial charge < -0.3 is 5.32 Å². The Balaban J connectivity index is 2.10. The minimum atomic E-state index is -0.474. The van der Waals surface area contributed by atoms with Crippen molar-refractivity contribution in [2.24, 2.45) is 0 Å². The van der Waals surface area contributed by atoms with Gasteiger partial charge in [-0.05, 0) is 37.9 Å². The third kappa shape index (κ3) is 4.08. The first-order valence-corrected chi connectivity index (χ1v) is 7.62. The maximum Gasteiger partial charge on any atom is 0.129 e. The van der Waals surface area contributed by atoms with E-state index < -0.39 is 11.6 Å². The van der Waals surface area contributed by atoms with Gasteiger partial charge in [0.15, 0.2) is 0 Å². The number of benzene rings is 1. The molecule has 0 saturated heterocycles. The van der Waals surface area contributed by atoms with Crippen LogP contribution in [0.25, 0.3) is 0 Å². The molecule has 2 nitrogen and oxygen atoms in total. The summed E-state index contributed by atoms with van der Waals surface area (Å²) in [6.07, 6.45) is 3.87. The van der Waals surface area contributed by atoms with Crippen LogP contribution in [0.2, 0.25) is 0 Å². The van der Waals surface area contributed by atoms with Crippen molar-refractivity contribution in [3.05, 3.63) is 52.0 Å². The van der Waals surface area contributed by atoms with Crippen LogP contribution in [-0.4, -0.2) is 17.6 Å². The van der Waals surface area contributed by atoms with E-state index in [1.807, 2.05) is 6.20 Å². The summed E-state index contributed by atoms with van der Waals surface area (Å²) in [5.41, 5.74) is 1.93. The lowest BCUT2D eigenvalue weighted by Crippen LogP contribution is -2.34. The van der Waals surface area contributed by atoms with Crippen LogP contribution in [0, 0.1) is 11.6 Å². The number of hydrogen-bond donors (Lipinski definition) is 1. The summed E-state index contributed by atoms with van der Waals surface area (Å²) in [4.78, 5) is 5.16. The summed E-state index contributed by atoms with van der Waals surface area (Å²) in [6.45, 7) is 2.90. The summed E-state index contributed by atoms with van der Waals surface area (Å²) < 4.78 is 27.5. The standard InChI is InChI=1S/C15H18F2N2S/c1-2-6-19-11(7-12-9-18-10-20-12)8-13-14(16)4-3-5-15(13)17/h3-5,9-11,19H,2,6-8H2,1H3. The van der Waals surface area contributed by atoms with Crippen molar-refractivity contribution < 1.29 is 8.78 Å².